The molecule has 2 aromatic heterocycles. The molecule has 212 valence electrons. The van der Waals surface area contributed by atoms with Gasteiger partial charge in [0.2, 0.25) is 5.91 Å². The second-order valence-electron chi connectivity index (χ2n) is 10.6. The zero-order valence-electron chi connectivity index (χ0n) is 22.2. The van der Waals surface area contributed by atoms with Gasteiger partial charge in [0.25, 0.3) is 5.91 Å². The highest BCUT2D eigenvalue weighted by Crippen LogP contribution is 2.29. The fourth-order valence-corrected chi connectivity index (χ4v) is 5.70. The van der Waals surface area contributed by atoms with Gasteiger partial charge in [0.15, 0.2) is 11.5 Å². The fourth-order valence-electron chi connectivity index (χ4n) is 5.70. The van der Waals surface area contributed by atoms with Crippen LogP contribution in [0, 0.1) is 17.6 Å². The minimum absolute atomic E-state index is 0.0118. The van der Waals surface area contributed by atoms with E-state index < -0.39 is 35.6 Å². The van der Waals surface area contributed by atoms with Gasteiger partial charge in [-0.15, -0.1) is 0 Å². The molecule has 3 aromatic rings. The first-order valence-corrected chi connectivity index (χ1v) is 13.7. The number of nitrogens with zero attached hydrogens (tertiary/aromatic N) is 3. The topological polar surface area (TPSA) is 121 Å². The van der Waals surface area contributed by atoms with Crippen LogP contribution in [0.4, 0.5) is 8.78 Å². The second-order valence-corrected chi connectivity index (χ2v) is 10.6. The quantitative estimate of drug-likeness (QED) is 0.409. The summed E-state index contributed by atoms with van der Waals surface area (Å²) in [4.78, 5) is 33.2. The Labute approximate surface area is 231 Å². The molecule has 1 aromatic carbocycles. The molecule has 1 saturated heterocycles. The van der Waals surface area contributed by atoms with Crippen LogP contribution >= 0.6 is 0 Å². The van der Waals surface area contributed by atoms with Crippen LogP contribution in [0.2, 0.25) is 0 Å². The first-order chi connectivity index (χ1) is 19.3. The molecule has 40 heavy (non-hydrogen) atoms. The van der Waals surface area contributed by atoms with E-state index in [4.69, 9.17) is 4.52 Å². The molecule has 0 unspecified atom stereocenters. The number of carbonyl (C=O) groups is 2. The smallest absolute Gasteiger partial charge is 0.273 e. The van der Waals surface area contributed by atoms with Crippen molar-refractivity contribution in [1.82, 2.24) is 25.7 Å². The highest BCUT2D eigenvalue weighted by Gasteiger charge is 2.40. The number of benzene rings is 1. The second kappa shape index (κ2) is 12.2. The van der Waals surface area contributed by atoms with Crippen LogP contribution in [0.15, 0.2) is 53.2 Å². The number of nitrogens with one attached hydrogen (secondary N) is 2. The van der Waals surface area contributed by atoms with E-state index in [1.54, 1.807) is 12.3 Å². The molecule has 0 radical (unpaired) electrons. The molecule has 0 bridgehead atoms. The van der Waals surface area contributed by atoms with Gasteiger partial charge < -0.3 is 20.3 Å². The third-order valence-corrected chi connectivity index (χ3v) is 7.89. The Balaban J connectivity index is 1.32. The molecular formula is C29H33F2N5O4. The number of aliphatic hydroxyl groups is 1. The molecule has 0 spiro atoms. The van der Waals surface area contributed by atoms with Crippen molar-refractivity contribution >= 4 is 11.8 Å². The minimum Gasteiger partial charge on any atom is -0.391 e. The average molecular weight is 554 g/mol. The minimum atomic E-state index is -0.834. The predicted octanol–water partition coefficient (Wildman–Crippen LogP) is 3.62. The molecule has 1 aliphatic heterocycles. The summed E-state index contributed by atoms with van der Waals surface area (Å²) >= 11 is 0. The zero-order valence-corrected chi connectivity index (χ0v) is 22.2. The number of rotatable bonds is 7. The normalized spacial score (nSPS) is 24.3. The van der Waals surface area contributed by atoms with Crippen LogP contribution in [0.1, 0.15) is 61.3 Å². The van der Waals surface area contributed by atoms with Gasteiger partial charge in [-0.3, -0.25) is 19.5 Å². The first kappa shape index (κ1) is 27.9. The van der Waals surface area contributed by atoms with Gasteiger partial charge in [-0.1, -0.05) is 24.1 Å². The van der Waals surface area contributed by atoms with Crippen molar-refractivity contribution in [3.8, 4) is 11.3 Å². The summed E-state index contributed by atoms with van der Waals surface area (Å²) < 4.78 is 32.7. The molecule has 5 rings (SSSR count). The van der Waals surface area contributed by atoms with Crippen molar-refractivity contribution in [3.63, 3.8) is 0 Å². The van der Waals surface area contributed by atoms with E-state index in [0.717, 1.165) is 43.5 Å². The molecule has 2 aliphatic rings. The number of hydrogen-bond acceptors (Lipinski definition) is 7. The maximum Gasteiger partial charge on any atom is 0.273 e. The van der Waals surface area contributed by atoms with E-state index in [9.17, 15) is 23.5 Å². The van der Waals surface area contributed by atoms with Crippen molar-refractivity contribution in [1.29, 1.82) is 0 Å². The van der Waals surface area contributed by atoms with Crippen molar-refractivity contribution < 1.29 is 28.0 Å². The monoisotopic (exact) mass is 553 g/mol. The average Bonchev–Trinajstić information content (AvgIpc) is 3.44. The number of amides is 2. The molecule has 1 saturated carbocycles. The number of aliphatic hydroxyl groups excluding tert-OH is 1. The van der Waals surface area contributed by atoms with Crippen LogP contribution in [0.3, 0.4) is 0 Å². The summed E-state index contributed by atoms with van der Waals surface area (Å²) in [5.74, 6) is -2.97. The Morgan fingerprint density at radius 2 is 1.95 bits per heavy atom. The van der Waals surface area contributed by atoms with E-state index in [2.05, 4.69) is 25.7 Å². The fraction of sp³-hybridized carbons (Fsp3) is 0.448. The third-order valence-electron chi connectivity index (χ3n) is 7.89. The van der Waals surface area contributed by atoms with Crippen LogP contribution in [0.5, 0.6) is 0 Å². The number of aromatic nitrogens is 2. The van der Waals surface area contributed by atoms with Gasteiger partial charge in [-0.25, -0.2) is 8.78 Å². The lowest BCUT2D eigenvalue weighted by atomic mass is 9.85. The standard InChI is InChI=1S/C29H33F2N5O4/c1-17(22-6-4-5-12-32-22)33-28(38)20-16-36(25-7-2-3-8-26(25)37)13-11-23(20)34-29(39)24-15-27(40-35-24)19-10-9-18(30)14-21(19)31/h4-6,9-10,12,14-15,17,20,23,25-26,37H,2-3,7-8,11,13,16H2,1H3,(H,33,38)(H,34,39)/t17-,20+,23+,25-,26-/m1/s1. The van der Waals surface area contributed by atoms with E-state index in [0.29, 0.717) is 19.5 Å². The largest absolute Gasteiger partial charge is 0.391 e. The van der Waals surface area contributed by atoms with Gasteiger partial charge in [0, 0.05) is 43.5 Å². The molecule has 2 fully saturated rings. The van der Waals surface area contributed by atoms with Crippen LogP contribution < -0.4 is 10.6 Å². The molecule has 2 amide bonds. The van der Waals surface area contributed by atoms with E-state index >= 15 is 0 Å². The Kier molecular flexibility index (Phi) is 8.51. The highest BCUT2D eigenvalue weighted by atomic mass is 19.1. The van der Waals surface area contributed by atoms with Crippen molar-refractivity contribution in [3.05, 3.63) is 71.7 Å². The van der Waals surface area contributed by atoms with Gasteiger partial charge in [0.1, 0.15) is 11.6 Å². The number of halogens is 2. The van der Waals surface area contributed by atoms with Gasteiger partial charge >= 0.3 is 0 Å². The number of hydrogen-bond donors (Lipinski definition) is 3. The van der Waals surface area contributed by atoms with Crippen LogP contribution in [-0.2, 0) is 4.79 Å². The Hall–Kier alpha value is -3.70. The molecule has 9 nitrogen and oxygen atoms in total. The third kappa shape index (κ3) is 6.20. The lowest BCUT2D eigenvalue weighted by molar-refractivity contribution is -0.129. The number of pyridine rings is 1. The molecule has 3 N–H and O–H groups in total. The Morgan fingerprint density at radius 1 is 1.12 bits per heavy atom. The van der Waals surface area contributed by atoms with Crippen LogP contribution in [0.25, 0.3) is 11.3 Å². The Bertz CT molecular complexity index is 1340. The summed E-state index contributed by atoms with van der Waals surface area (Å²) in [6, 6.07) is 8.93. The van der Waals surface area contributed by atoms with Gasteiger partial charge in [-0.05, 0) is 50.5 Å². The molecule has 11 heteroatoms. The van der Waals surface area contributed by atoms with Gasteiger partial charge in [0.05, 0.1) is 29.3 Å². The first-order valence-electron chi connectivity index (χ1n) is 13.7. The number of piperidine rings is 1. The summed E-state index contributed by atoms with van der Waals surface area (Å²) in [7, 11) is 0. The summed E-state index contributed by atoms with van der Waals surface area (Å²) in [5, 5.41) is 20.4. The maximum atomic E-state index is 14.2. The predicted molar refractivity (Wildman–Crippen MR) is 142 cm³/mol. The van der Waals surface area contributed by atoms with E-state index in [1.165, 1.54) is 12.1 Å². The zero-order chi connectivity index (χ0) is 28.2. The number of carbonyl (C=O) groups excluding carboxylic acids is 2. The number of likely N-dealkylation sites (tertiary alicyclic amines) is 1. The van der Waals surface area contributed by atoms with Crippen molar-refractivity contribution in [2.45, 2.75) is 63.3 Å². The lowest BCUT2D eigenvalue weighted by Gasteiger charge is -2.44. The molecule has 1 aliphatic carbocycles. The highest BCUT2D eigenvalue weighted by molar-refractivity contribution is 5.94. The van der Waals surface area contributed by atoms with E-state index in [1.807, 2.05) is 19.1 Å². The molecule has 3 heterocycles. The molecular weight excluding hydrogens is 520 g/mol. The Morgan fingerprint density at radius 3 is 2.70 bits per heavy atom. The lowest BCUT2D eigenvalue weighted by Crippen LogP contribution is -2.59. The summed E-state index contributed by atoms with van der Waals surface area (Å²) in [6.45, 7) is 2.83. The SMILES string of the molecule is C[C@@H](NC(=O)[C@H]1CN([C@@H]2CCCC[C@H]2O)CC[C@@H]1NC(=O)c1cc(-c2ccc(F)cc2F)on1)c1ccccn1. The van der Waals surface area contributed by atoms with E-state index in [-0.39, 0.29) is 35.0 Å². The van der Waals surface area contributed by atoms with Gasteiger partial charge in [-0.2, -0.15) is 0 Å². The summed E-state index contributed by atoms with van der Waals surface area (Å²) in [6.07, 6.45) is 5.31. The van der Waals surface area contributed by atoms with Crippen LogP contribution in [-0.4, -0.2) is 63.2 Å². The maximum absolute atomic E-state index is 14.2. The summed E-state index contributed by atoms with van der Waals surface area (Å²) in [5.41, 5.74) is 0.618. The van der Waals surface area contributed by atoms with Crippen molar-refractivity contribution in [2.24, 2.45) is 5.92 Å². The van der Waals surface area contributed by atoms with Crippen molar-refractivity contribution in [2.75, 3.05) is 13.1 Å². The molecule has 5 atom stereocenters.